The molecule has 2 rings (SSSR count). The normalized spacial score (nSPS) is 10.1. The van der Waals surface area contributed by atoms with E-state index < -0.39 is 16.6 Å². The first-order valence-corrected chi connectivity index (χ1v) is 6.39. The number of nitro groups is 1. The van der Waals surface area contributed by atoms with Gasteiger partial charge >= 0.3 is 5.69 Å². The highest BCUT2D eigenvalue weighted by Crippen LogP contribution is 2.28. The van der Waals surface area contributed by atoms with Gasteiger partial charge in [0.15, 0.2) is 5.75 Å². The van der Waals surface area contributed by atoms with Crippen LogP contribution in [0.5, 0.6) is 5.75 Å². The number of hydrogen-bond acceptors (Lipinski definition) is 4. The van der Waals surface area contributed by atoms with Gasteiger partial charge in [-0.05, 0) is 30.3 Å². The lowest BCUT2D eigenvalue weighted by Gasteiger charge is -2.08. The fourth-order valence-corrected chi connectivity index (χ4v) is 1.92. The van der Waals surface area contributed by atoms with E-state index >= 15 is 0 Å². The summed E-state index contributed by atoms with van der Waals surface area (Å²) in [5.74, 6) is -1.37. The summed E-state index contributed by atoms with van der Waals surface area (Å²) in [6, 6.07) is 7.46. The molecule has 0 aliphatic heterocycles. The molecular formula is C14H10ClFN2O4. The maximum atomic E-state index is 13.6. The van der Waals surface area contributed by atoms with Crippen LogP contribution >= 0.6 is 11.6 Å². The molecule has 0 atom stereocenters. The lowest BCUT2D eigenvalue weighted by molar-refractivity contribution is -0.385. The second kappa shape index (κ2) is 6.40. The number of halogens is 2. The minimum Gasteiger partial charge on any atom is -0.490 e. The third kappa shape index (κ3) is 3.32. The molecule has 114 valence electrons. The van der Waals surface area contributed by atoms with E-state index in [-0.39, 0.29) is 27.7 Å². The Hall–Kier alpha value is -2.67. The Morgan fingerprint density at radius 1 is 1.32 bits per heavy atom. The average Bonchev–Trinajstić information content (AvgIpc) is 2.49. The topological polar surface area (TPSA) is 81.5 Å². The monoisotopic (exact) mass is 324 g/mol. The van der Waals surface area contributed by atoms with Gasteiger partial charge in [0.1, 0.15) is 5.82 Å². The van der Waals surface area contributed by atoms with Crippen molar-refractivity contribution in [3.05, 3.63) is 62.9 Å². The number of rotatable bonds is 4. The highest BCUT2D eigenvalue weighted by Gasteiger charge is 2.18. The highest BCUT2D eigenvalue weighted by molar-refractivity contribution is 6.30. The van der Waals surface area contributed by atoms with Gasteiger partial charge in [-0.15, -0.1) is 0 Å². The Morgan fingerprint density at radius 2 is 2.05 bits per heavy atom. The molecule has 0 aliphatic carbocycles. The summed E-state index contributed by atoms with van der Waals surface area (Å²) >= 11 is 5.62. The number of carbonyl (C=O) groups excluding carboxylic acids is 1. The molecule has 1 N–H and O–H groups in total. The zero-order chi connectivity index (χ0) is 16.3. The fourth-order valence-electron chi connectivity index (χ4n) is 1.76. The number of nitrogens with zero attached hydrogens (tertiary/aromatic N) is 1. The molecule has 2 aromatic rings. The van der Waals surface area contributed by atoms with Crippen molar-refractivity contribution in [3.63, 3.8) is 0 Å². The molecule has 6 nitrogen and oxygen atoms in total. The predicted molar refractivity (Wildman–Crippen MR) is 79.0 cm³/mol. The number of ether oxygens (including phenoxy) is 1. The fraction of sp³-hybridized carbons (Fsp3) is 0.0714. The van der Waals surface area contributed by atoms with Gasteiger partial charge in [0.2, 0.25) is 0 Å². The van der Waals surface area contributed by atoms with Crippen LogP contribution in [0.2, 0.25) is 5.02 Å². The Labute approximate surface area is 129 Å². The van der Waals surface area contributed by atoms with Crippen LogP contribution in [0, 0.1) is 15.9 Å². The molecule has 0 bridgehead atoms. The van der Waals surface area contributed by atoms with Gasteiger partial charge in [-0.1, -0.05) is 11.6 Å². The van der Waals surface area contributed by atoms with E-state index in [1.807, 2.05) is 0 Å². The molecule has 2 aromatic carbocycles. The lowest BCUT2D eigenvalue weighted by atomic mass is 10.1. The summed E-state index contributed by atoms with van der Waals surface area (Å²) in [5.41, 5.74) is -0.429. The molecule has 0 aromatic heterocycles. The van der Waals surface area contributed by atoms with E-state index in [1.165, 1.54) is 31.4 Å². The zero-order valence-electron chi connectivity index (χ0n) is 11.3. The van der Waals surface area contributed by atoms with Crippen LogP contribution in [0.25, 0.3) is 0 Å². The van der Waals surface area contributed by atoms with Crippen molar-refractivity contribution < 1.29 is 18.8 Å². The van der Waals surface area contributed by atoms with Crippen LogP contribution in [0.1, 0.15) is 10.4 Å². The minimum absolute atomic E-state index is 0.00171. The molecule has 0 fully saturated rings. The van der Waals surface area contributed by atoms with Crippen LogP contribution in [-0.2, 0) is 0 Å². The Morgan fingerprint density at radius 3 is 2.64 bits per heavy atom. The Bertz CT molecular complexity index is 752. The molecule has 22 heavy (non-hydrogen) atoms. The summed E-state index contributed by atoms with van der Waals surface area (Å²) in [6.45, 7) is 0. The van der Waals surface area contributed by atoms with E-state index in [0.29, 0.717) is 0 Å². The number of amides is 1. The molecular weight excluding hydrogens is 315 g/mol. The molecule has 0 spiro atoms. The number of hydrogen-bond donors (Lipinski definition) is 1. The zero-order valence-corrected chi connectivity index (χ0v) is 12.1. The quantitative estimate of drug-likeness (QED) is 0.687. The van der Waals surface area contributed by atoms with Gasteiger partial charge in [0, 0.05) is 16.7 Å². The molecule has 8 heteroatoms. The summed E-state index contributed by atoms with van der Waals surface area (Å²) in [5, 5.41) is 13.4. The molecule has 0 heterocycles. The molecule has 0 radical (unpaired) electrons. The molecule has 0 unspecified atom stereocenters. The third-order valence-corrected chi connectivity index (χ3v) is 3.05. The summed E-state index contributed by atoms with van der Waals surface area (Å²) in [6.07, 6.45) is 0. The van der Waals surface area contributed by atoms with Crippen molar-refractivity contribution >= 4 is 28.9 Å². The van der Waals surface area contributed by atoms with Crippen molar-refractivity contribution in [2.75, 3.05) is 12.4 Å². The van der Waals surface area contributed by atoms with Crippen LogP contribution in [0.15, 0.2) is 36.4 Å². The second-order valence-corrected chi connectivity index (χ2v) is 4.66. The first-order chi connectivity index (χ1) is 10.4. The van der Waals surface area contributed by atoms with Gasteiger partial charge in [-0.3, -0.25) is 14.9 Å². The van der Waals surface area contributed by atoms with Gasteiger partial charge < -0.3 is 10.1 Å². The minimum atomic E-state index is -0.705. The van der Waals surface area contributed by atoms with E-state index in [0.717, 1.165) is 12.1 Å². The number of benzene rings is 2. The van der Waals surface area contributed by atoms with Crippen molar-refractivity contribution in [2.45, 2.75) is 0 Å². The molecule has 1 amide bonds. The van der Waals surface area contributed by atoms with Crippen molar-refractivity contribution in [2.24, 2.45) is 0 Å². The summed E-state index contributed by atoms with van der Waals surface area (Å²) < 4.78 is 18.5. The molecule has 0 saturated carbocycles. The van der Waals surface area contributed by atoms with Crippen LogP contribution in [-0.4, -0.2) is 17.9 Å². The maximum absolute atomic E-state index is 13.6. The smallest absolute Gasteiger partial charge is 0.311 e. The first-order valence-electron chi connectivity index (χ1n) is 6.01. The SMILES string of the molecule is COc1ccc(C(=O)Nc2ccc(Cl)cc2F)cc1[N+](=O)[O-]. The second-order valence-electron chi connectivity index (χ2n) is 4.22. The number of methoxy groups -OCH3 is 1. The number of nitro benzene ring substituents is 1. The molecule has 0 saturated heterocycles. The first kappa shape index (κ1) is 15.7. The van der Waals surface area contributed by atoms with E-state index in [4.69, 9.17) is 16.3 Å². The van der Waals surface area contributed by atoms with E-state index in [1.54, 1.807) is 0 Å². The highest BCUT2D eigenvalue weighted by atomic mass is 35.5. The van der Waals surface area contributed by atoms with E-state index in [9.17, 15) is 19.3 Å². The van der Waals surface area contributed by atoms with Gasteiger partial charge in [0.25, 0.3) is 5.91 Å². The van der Waals surface area contributed by atoms with Crippen molar-refractivity contribution in [1.29, 1.82) is 0 Å². The number of carbonyl (C=O) groups is 1. The van der Waals surface area contributed by atoms with E-state index in [2.05, 4.69) is 5.32 Å². The van der Waals surface area contributed by atoms with Crippen molar-refractivity contribution in [3.8, 4) is 5.75 Å². The standard InChI is InChI=1S/C14H10ClFN2O4/c1-22-13-5-2-8(6-12(13)18(20)21)14(19)17-11-4-3-9(15)7-10(11)16/h2-7H,1H3,(H,17,19). The van der Waals surface area contributed by atoms with Gasteiger partial charge in [-0.2, -0.15) is 0 Å². The predicted octanol–water partition coefficient (Wildman–Crippen LogP) is 3.65. The summed E-state index contributed by atoms with van der Waals surface area (Å²) in [4.78, 5) is 22.3. The lowest BCUT2D eigenvalue weighted by Crippen LogP contribution is -2.13. The third-order valence-electron chi connectivity index (χ3n) is 2.82. The summed E-state index contributed by atoms with van der Waals surface area (Å²) in [7, 11) is 1.28. The van der Waals surface area contributed by atoms with Crippen molar-refractivity contribution in [1.82, 2.24) is 0 Å². The number of anilines is 1. The number of nitrogens with one attached hydrogen (secondary N) is 1. The Balaban J connectivity index is 2.30. The van der Waals surface area contributed by atoms with Crippen LogP contribution < -0.4 is 10.1 Å². The average molecular weight is 325 g/mol. The largest absolute Gasteiger partial charge is 0.490 e. The Kier molecular flexibility index (Phi) is 4.57. The van der Waals surface area contributed by atoms with Crippen LogP contribution in [0.3, 0.4) is 0 Å². The van der Waals surface area contributed by atoms with Gasteiger partial charge in [0.05, 0.1) is 17.7 Å². The van der Waals surface area contributed by atoms with Gasteiger partial charge in [-0.25, -0.2) is 4.39 Å². The molecule has 0 aliphatic rings. The maximum Gasteiger partial charge on any atom is 0.311 e. The van der Waals surface area contributed by atoms with Crippen LogP contribution in [0.4, 0.5) is 15.8 Å².